The van der Waals surface area contributed by atoms with Crippen LogP contribution in [0.5, 0.6) is 0 Å². The number of esters is 1. The molecule has 0 atom stereocenters. The van der Waals surface area contributed by atoms with Gasteiger partial charge in [0.1, 0.15) is 5.60 Å². The van der Waals surface area contributed by atoms with Gasteiger partial charge in [-0.2, -0.15) is 0 Å². The lowest BCUT2D eigenvalue weighted by atomic mass is 10.1. The maximum atomic E-state index is 12.5. The van der Waals surface area contributed by atoms with Gasteiger partial charge in [0, 0.05) is 12.3 Å². The SMILES string of the molecule is CC(C)(C)OC(=O)C=Cc1cc(C=CN2C(=O)c3ccccc3C2=O)cc(CO)c1. The Kier molecular flexibility index (Phi) is 5.99. The minimum atomic E-state index is -0.589. The fraction of sp³-hybridized carbons (Fsp3) is 0.208. The Morgan fingerprint density at radius 3 is 2.10 bits per heavy atom. The second-order valence-corrected chi connectivity index (χ2v) is 7.87. The zero-order valence-corrected chi connectivity index (χ0v) is 17.1. The van der Waals surface area contributed by atoms with Crippen molar-refractivity contribution in [2.24, 2.45) is 0 Å². The summed E-state index contributed by atoms with van der Waals surface area (Å²) in [6.07, 6.45) is 5.94. The molecule has 0 aromatic heterocycles. The standard InChI is InChI=1S/C24H23NO5/c1-24(2,3)30-21(27)9-8-16-12-17(14-18(13-16)15-26)10-11-25-22(28)19-6-4-5-7-20(19)23(25)29/h4-14,26H,15H2,1-3H3. The van der Waals surface area contributed by atoms with Gasteiger partial charge in [-0.25, -0.2) is 9.69 Å². The number of hydrogen-bond acceptors (Lipinski definition) is 5. The predicted octanol–water partition coefficient (Wildman–Crippen LogP) is 3.80. The average molecular weight is 405 g/mol. The Morgan fingerprint density at radius 1 is 1.00 bits per heavy atom. The van der Waals surface area contributed by atoms with Crippen molar-refractivity contribution in [1.29, 1.82) is 0 Å². The molecule has 0 aliphatic carbocycles. The topological polar surface area (TPSA) is 83.9 Å². The zero-order valence-electron chi connectivity index (χ0n) is 17.1. The van der Waals surface area contributed by atoms with Crippen molar-refractivity contribution in [3.05, 3.63) is 82.6 Å². The van der Waals surface area contributed by atoms with Crippen molar-refractivity contribution in [1.82, 2.24) is 4.90 Å². The highest BCUT2D eigenvalue weighted by molar-refractivity contribution is 6.22. The Balaban J connectivity index is 1.82. The van der Waals surface area contributed by atoms with Crippen LogP contribution in [0.1, 0.15) is 58.2 Å². The van der Waals surface area contributed by atoms with Crippen LogP contribution in [-0.2, 0) is 16.1 Å². The van der Waals surface area contributed by atoms with Gasteiger partial charge in [-0.3, -0.25) is 9.59 Å². The molecule has 0 bridgehead atoms. The van der Waals surface area contributed by atoms with Gasteiger partial charge in [0.2, 0.25) is 0 Å². The van der Waals surface area contributed by atoms with E-state index in [9.17, 15) is 19.5 Å². The maximum absolute atomic E-state index is 12.5. The quantitative estimate of drug-likeness (QED) is 0.465. The molecular formula is C24H23NO5. The summed E-state index contributed by atoms with van der Waals surface area (Å²) in [5, 5.41) is 9.54. The molecule has 0 radical (unpaired) electrons. The second kappa shape index (κ2) is 8.47. The van der Waals surface area contributed by atoms with Crippen molar-refractivity contribution in [3.8, 4) is 0 Å². The number of carbonyl (C=O) groups is 3. The molecule has 6 nitrogen and oxygen atoms in total. The van der Waals surface area contributed by atoms with E-state index in [-0.39, 0.29) is 18.4 Å². The Morgan fingerprint density at radius 2 is 1.57 bits per heavy atom. The van der Waals surface area contributed by atoms with Crippen LogP contribution in [0.4, 0.5) is 0 Å². The summed E-state index contributed by atoms with van der Waals surface area (Å²) in [5.74, 6) is -1.23. The second-order valence-electron chi connectivity index (χ2n) is 7.87. The molecule has 0 saturated carbocycles. The first-order valence-corrected chi connectivity index (χ1v) is 9.49. The molecule has 1 N–H and O–H groups in total. The molecule has 1 heterocycles. The minimum Gasteiger partial charge on any atom is -0.457 e. The Labute approximate surface area is 175 Å². The van der Waals surface area contributed by atoms with E-state index in [1.54, 1.807) is 75.4 Å². The zero-order chi connectivity index (χ0) is 21.9. The molecule has 0 unspecified atom stereocenters. The number of fused-ring (bicyclic) bond motifs is 1. The monoisotopic (exact) mass is 405 g/mol. The van der Waals surface area contributed by atoms with Crippen molar-refractivity contribution >= 4 is 29.9 Å². The van der Waals surface area contributed by atoms with Gasteiger partial charge in [0.25, 0.3) is 11.8 Å². The van der Waals surface area contributed by atoms with E-state index in [0.717, 1.165) is 4.90 Å². The number of nitrogens with zero attached hydrogens (tertiary/aromatic N) is 1. The van der Waals surface area contributed by atoms with Gasteiger partial charge < -0.3 is 9.84 Å². The number of imide groups is 1. The average Bonchev–Trinajstić information content (AvgIpc) is 2.94. The third kappa shape index (κ3) is 4.90. The van der Waals surface area contributed by atoms with E-state index in [1.165, 1.54) is 12.3 Å². The fourth-order valence-electron chi connectivity index (χ4n) is 3.03. The minimum absolute atomic E-state index is 0.192. The van der Waals surface area contributed by atoms with Gasteiger partial charge in [0.05, 0.1) is 17.7 Å². The number of carbonyl (C=O) groups excluding carboxylic acids is 3. The van der Waals surface area contributed by atoms with Crippen LogP contribution in [0.3, 0.4) is 0 Å². The highest BCUT2D eigenvalue weighted by atomic mass is 16.6. The smallest absolute Gasteiger partial charge is 0.331 e. The lowest BCUT2D eigenvalue weighted by molar-refractivity contribution is -0.148. The normalized spacial score (nSPS) is 14.1. The van der Waals surface area contributed by atoms with E-state index in [4.69, 9.17) is 4.74 Å². The summed E-state index contributed by atoms with van der Waals surface area (Å²) in [6, 6.07) is 11.9. The van der Waals surface area contributed by atoms with Crippen molar-refractivity contribution in [2.75, 3.05) is 0 Å². The molecule has 2 aromatic rings. The van der Waals surface area contributed by atoms with Crippen LogP contribution >= 0.6 is 0 Å². The molecule has 2 aromatic carbocycles. The lowest BCUT2D eigenvalue weighted by Crippen LogP contribution is -2.23. The maximum Gasteiger partial charge on any atom is 0.331 e. The molecule has 6 heteroatoms. The number of amides is 2. The van der Waals surface area contributed by atoms with Gasteiger partial charge in [-0.05, 0) is 79.9 Å². The van der Waals surface area contributed by atoms with Crippen LogP contribution in [-0.4, -0.2) is 33.4 Å². The first-order chi connectivity index (χ1) is 14.2. The number of aliphatic hydroxyl groups is 1. The molecule has 0 saturated heterocycles. The summed E-state index contributed by atoms with van der Waals surface area (Å²) >= 11 is 0. The van der Waals surface area contributed by atoms with E-state index in [0.29, 0.717) is 27.8 Å². The highest BCUT2D eigenvalue weighted by Gasteiger charge is 2.33. The van der Waals surface area contributed by atoms with Gasteiger partial charge in [-0.1, -0.05) is 12.1 Å². The molecule has 2 amide bonds. The van der Waals surface area contributed by atoms with Gasteiger partial charge in [-0.15, -0.1) is 0 Å². The third-order valence-corrected chi connectivity index (χ3v) is 4.28. The van der Waals surface area contributed by atoms with Crippen LogP contribution in [0, 0.1) is 0 Å². The number of ether oxygens (including phenoxy) is 1. The Hall–Kier alpha value is -3.51. The largest absolute Gasteiger partial charge is 0.457 e. The first kappa shape index (κ1) is 21.2. The Bertz CT molecular complexity index is 1020. The van der Waals surface area contributed by atoms with Gasteiger partial charge in [0.15, 0.2) is 0 Å². The molecule has 30 heavy (non-hydrogen) atoms. The number of rotatable bonds is 5. The summed E-state index contributed by atoms with van der Waals surface area (Å²) in [6.45, 7) is 5.16. The fourth-order valence-corrected chi connectivity index (χ4v) is 3.03. The molecule has 0 fully saturated rings. The van der Waals surface area contributed by atoms with Crippen LogP contribution in [0.25, 0.3) is 12.2 Å². The predicted molar refractivity (Wildman–Crippen MR) is 113 cm³/mol. The summed E-state index contributed by atoms with van der Waals surface area (Å²) in [4.78, 5) is 37.9. The summed E-state index contributed by atoms with van der Waals surface area (Å²) < 4.78 is 5.24. The van der Waals surface area contributed by atoms with Crippen LogP contribution in [0.15, 0.2) is 54.7 Å². The molecule has 1 aliphatic heterocycles. The molecule has 1 aliphatic rings. The number of benzene rings is 2. The number of aliphatic hydroxyl groups excluding tert-OH is 1. The van der Waals surface area contributed by atoms with Crippen molar-refractivity contribution < 1.29 is 24.2 Å². The summed E-state index contributed by atoms with van der Waals surface area (Å²) in [5.41, 5.74) is 2.13. The first-order valence-electron chi connectivity index (χ1n) is 9.49. The molecule has 0 spiro atoms. The van der Waals surface area contributed by atoms with E-state index in [2.05, 4.69) is 0 Å². The van der Waals surface area contributed by atoms with E-state index >= 15 is 0 Å². The molecule has 154 valence electrons. The van der Waals surface area contributed by atoms with Crippen molar-refractivity contribution in [3.63, 3.8) is 0 Å². The highest BCUT2D eigenvalue weighted by Crippen LogP contribution is 2.23. The lowest BCUT2D eigenvalue weighted by Gasteiger charge is -2.17. The van der Waals surface area contributed by atoms with E-state index < -0.39 is 11.6 Å². The van der Waals surface area contributed by atoms with Crippen molar-refractivity contribution in [2.45, 2.75) is 33.0 Å². The van der Waals surface area contributed by atoms with E-state index in [1.807, 2.05) is 0 Å². The van der Waals surface area contributed by atoms with Crippen LogP contribution in [0.2, 0.25) is 0 Å². The van der Waals surface area contributed by atoms with Gasteiger partial charge >= 0.3 is 5.97 Å². The molecular weight excluding hydrogens is 382 g/mol. The summed E-state index contributed by atoms with van der Waals surface area (Å²) in [7, 11) is 0. The van der Waals surface area contributed by atoms with Crippen LogP contribution < -0.4 is 0 Å². The molecule has 3 rings (SSSR count). The third-order valence-electron chi connectivity index (χ3n) is 4.28. The number of hydrogen-bond donors (Lipinski definition) is 1.